The molecule has 90 valence electrons. The molecule has 4 heteroatoms. The summed E-state index contributed by atoms with van der Waals surface area (Å²) >= 11 is 1.85. The van der Waals surface area contributed by atoms with Crippen LogP contribution in [0, 0.1) is 0 Å². The van der Waals surface area contributed by atoms with Gasteiger partial charge >= 0.3 is 0 Å². The highest BCUT2D eigenvalue weighted by Crippen LogP contribution is 2.23. The third kappa shape index (κ3) is 3.03. The summed E-state index contributed by atoms with van der Waals surface area (Å²) in [4.78, 5) is 0. The first-order chi connectivity index (χ1) is 8.31. The lowest BCUT2D eigenvalue weighted by Crippen LogP contribution is -2.12. The van der Waals surface area contributed by atoms with Gasteiger partial charge in [-0.1, -0.05) is 30.3 Å². The molecule has 2 aromatic rings. The van der Waals surface area contributed by atoms with Crippen molar-refractivity contribution in [1.82, 2.24) is 9.78 Å². The Morgan fingerprint density at radius 2 is 2.12 bits per heavy atom. The van der Waals surface area contributed by atoms with Crippen LogP contribution in [0.15, 0.2) is 42.7 Å². The molecule has 3 nitrogen and oxygen atoms in total. The Kier molecular flexibility index (Phi) is 4.09. The van der Waals surface area contributed by atoms with E-state index < -0.39 is 0 Å². The topological polar surface area (TPSA) is 43.8 Å². The number of nitrogens with zero attached hydrogens (tertiary/aromatic N) is 2. The minimum atomic E-state index is 0.279. The van der Waals surface area contributed by atoms with Crippen molar-refractivity contribution in [1.29, 1.82) is 0 Å². The van der Waals surface area contributed by atoms with Crippen molar-refractivity contribution < 1.29 is 0 Å². The molecule has 0 aliphatic heterocycles. The minimum Gasteiger partial charge on any atom is -0.396 e. The van der Waals surface area contributed by atoms with Crippen LogP contribution in [0.4, 0.5) is 5.69 Å². The molecule has 17 heavy (non-hydrogen) atoms. The van der Waals surface area contributed by atoms with E-state index in [1.807, 2.05) is 28.7 Å². The number of thioether (sulfide) groups is 1. The van der Waals surface area contributed by atoms with Crippen LogP contribution in [-0.2, 0) is 0 Å². The first-order valence-electron chi connectivity index (χ1n) is 5.65. The van der Waals surface area contributed by atoms with Gasteiger partial charge in [-0.3, -0.25) is 4.68 Å². The Hall–Kier alpha value is -1.42. The zero-order valence-electron chi connectivity index (χ0n) is 9.91. The average molecular weight is 247 g/mol. The summed E-state index contributed by atoms with van der Waals surface area (Å²) in [5, 5.41) is 4.33. The van der Waals surface area contributed by atoms with Crippen molar-refractivity contribution in [3.8, 4) is 0 Å². The van der Waals surface area contributed by atoms with Crippen LogP contribution >= 0.6 is 11.8 Å². The highest BCUT2D eigenvalue weighted by molar-refractivity contribution is 7.98. The van der Waals surface area contributed by atoms with E-state index in [2.05, 4.69) is 35.6 Å². The predicted octanol–water partition coefficient (Wildman–Crippen LogP) is 2.81. The quantitative estimate of drug-likeness (QED) is 0.883. The third-order valence-electron chi connectivity index (χ3n) is 2.72. The second-order valence-corrected chi connectivity index (χ2v) is 4.95. The highest BCUT2D eigenvalue weighted by Gasteiger charge is 2.13. The van der Waals surface area contributed by atoms with Gasteiger partial charge in [0.15, 0.2) is 0 Å². The molecule has 0 saturated carbocycles. The molecule has 0 aliphatic rings. The summed E-state index contributed by atoms with van der Waals surface area (Å²) in [5.74, 6) is 1.11. The fourth-order valence-electron chi connectivity index (χ4n) is 1.88. The smallest absolute Gasteiger partial charge is 0.0777 e. The number of benzene rings is 1. The lowest BCUT2D eigenvalue weighted by atomic mass is 10.1. The van der Waals surface area contributed by atoms with Crippen LogP contribution in [0.3, 0.4) is 0 Å². The average Bonchev–Trinajstić information content (AvgIpc) is 2.78. The normalized spacial score (nSPS) is 12.5. The zero-order valence-corrected chi connectivity index (χ0v) is 10.7. The van der Waals surface area contributed by atoms with Crippen LogP contribution in [0.1, 0.15) is 18.0 Å². The molecule has 1 aromatic carbocycles. The fourth-order valence-corrected chi connectivity index (χ4v) is 2.34. The maximum Gasteiger partial charge on any atom is 0.0777 e. The van der Waals surface area contributed by atoms with Crippen LogP contribution < -0.4 is 5.73 Å². The van der Waals surface area contributed by atoms with Gasteiger partial charge in [0.1, 0.15) is 0 Å². The number of aromatic nitrogens is 2. The van der Waals surface area contributed by atoms with E-state index in [1.165, 1.54) is 5.56 Å². The number of nitrogens with two attached hydrogens (primary N) is 1. The third-order valence-corrected chi connectivity index (χ3v) is 3.36. The summed E-state index contributed by atoms with van der Waals surface area (Å²) in [6.45, 7) is 0. The molecule has 1 unspecified atom stereocenters. The Balaban J connectivity index is 2.25. The van der Waals surface area contributed by atoms with E-state index in [0.29, 0.717) is 0 Å². The van der Waals surface area contributed by atoms with Crippen molar-refractivity contribution in [3.63, 3.8) is 0 Å². The first-order valence-corrected chi connectivity index (χ1v) is 7.04. The number of hydrogen-bond acceptors (Lipinski definition) is 3. The van der Waals surface area contributed by atoms with E-state index in [-0.39, 0.29) is 6.04 Å². The van der Waals surface area contributed by atoms with Crippen molar-refractivity contribution in [2.45, 2.75) is 12.5 Å². The zero-order chi connectivity index (χ0) is 12.1. The Labute approximate surface area is 106 Å². The van der Waals surface area contributed by atoms with Gasteiger partial charge in [0.25, 0.3) is 0 Å². The fraction of sp³-hybridized carbons (Fsp3) is 0.308. The Morgan fingerprint density at radius 1 is 1.35 bits per heavy atom. The molecule has 0 amide bonds. The van der Waals surface area contributed by atoms with Gasteiger partial charge in [-0.15, -0.1) is 0 Å². The second kappa shape index (κ2) is 5.77. The highest BCUT2D eigenvalue weighted by atomic mass is 32.2. The Bertz CT molecular complexity index is 453. The lowest BCUT2D eigenvalue weighted by molar-refractivity contribution is 0.512. The maximum absolute atomic E-state index is 5.73. The molecule has 1 aromatic heterocycles. The van der Waals surface area contributed by atoms with Gasteiger partial charge in [0.2, 0.25) is 0 Å². The molecule has 0 fully saturated rings. The van der Waals surface area contributed by atoms with E-state index in [1.54, 1.807) is 6.20 Å². The molecule has 0 saturated heterocycles. The summed E-state index contributed by atoms with van der Waals surface area (Å²) in [6, 6.07) is 10.7. The van der Waals surface area contributed by atoms with Crippen molar-refractivity contribution in [3.05, 3.63) is 48.3 Å². The molecule has 2 rings (SSSR count). The van der Waals surface area contributed by atoms with Crippen LogP contribution in [0.25, 0.3) is 0 Å². The largest absolute Gasteiger partial charge is 0.396 e. The van der Waals surface area contributed by atoms with Crippen molar-refractivity contribution >= 4 is 17.4 Å². The minimum absolute atomic E-state index is 0.279. The summed E-state index contributed by atoms with van der Waals surface area (Å²) in [5.41, 5.74) is 7.73. The summed E-state index contributed by atoms with van der Waals surface area (Å²) in [6.07, 6.45) is 6.79. The molecule has 1 atom stereocenters. The SMILES string of the molecule is CSCCC(c1ccccc1)n1cc(N)cn1. The van der Waals surface area contributed by atoms with E-state index >= 15 is 0 Å². The molecule has 0 bridgehead atoms. The van der Waals surface area contributed by atoms with Crippen LogP contribution in [0.5, 0.6) is 0 Å². The van der Waals surface area contributed by atoms with Crippen LogP contribution in [0.2, 0.25) is 0 Å². The van der Waals surface area contributed by atoms with Gasteiger partial charge in [-0.2, -0.15) is 16.9 Å². The number of nitrogen functional groups attached to an aromatic ring is 1. The number of rotatable bonds is 5. The van der Waals surface area contributed by atoms with Gasteiger partial charge in [0.05, 0.1) is 17.9 Å². The number of hydrogen-bond donors (Lipinski definition) is 1. The maximum atomic E-state index is 5.73. The lowest BCUT2D eigenvalue weighted by Gasteiger charge is -2.17. The number of anilines is 1. The predicted molar refractivity (Wildman–Crippen MR) is 74.2 cm³/mol. The van der Waals surface area contributed by atoms with Gasteiger partial charge < -0.3 is 5.73 Å². The second-order valence-electron chi connectivity index (χ2n) is 3.96. The van der Waals surface area contributed by atoms with Crippen LogP contribution in [-0.4, -0.2) is 21.8 Å². The molecule has 0 spiro atoms. The molecule has 1 heterocycles. The molecule has 0 aliphatic carbocycles. The molecule has 2 N–H and O–H groups in total. The molecule has 0 radical (unpaired) electrons. The van der Waals surface area contributed by atoms with Crippen molar-refractivity contribution in [2.75, 3.05) is 17.7 Å². The standard InChI is InChI=1S/C13H17N3S/c1-17-8-7-13(11-5-3-2-4-6-11)16-10-12(14)9-15-16/h2-6,9-10,13H,7-8,14H2,1H3. The van der Waals surface area contributed by atoms with Gasteiger partial charge in [-0.25, -0.2) is 0 Å². The van der Waals surface area contributed by atoms with E-state index in [0.717, 1.165) is 17.9 Å². The van der Waals surface area contributed by atoms with Gasteiger partial charge in [-0.05, 0) is 24.0 Å². The summed E-state index contributed by atoms with van der Waals surface area (Å²) < 4.78 is 1.96. The molecular formula is C13H17N3S. The molecular weight excluding hydrogens is 230 g/mol. The van der Waals surface area contributed by atoms with Crippen molar-refractivity contribution in [2.24, 2.45) is 0 Å². The Morgan fingerprint density at radius 3 is 2.71 bits per heavy atom. The van der Waals surface area contributed by atoms with E-state index in [9.17, 15) is 0 Å². The first kappa shape index (κ1) is 12.0. The summed E-state index contributed by atoms with van der Waals surface area (Å²) in [7, 11) is 0. The van der Waals surface area contributed by atoms with Gasteiger partial charge in [0, 0.05) is 6.20 Å². The van der Waals surface area contributed by atoms with E-state index in [4.69, 9.17) is 5.73 Å². The monoisotopic (exact) mass is 247 g/mol.